The summed E-state index contributed by atoms with van der Waals surface area (Å²) in [5.41, 5.74) is 1.64. The lowest BCUT2D eigenvalue weighted by atomic mass is 9.97. The van der Waals surface area contributed by atoms with Gasteiger partial charge < -0.3 is 14.6 Å². The number of carboxylic acid groups (broad SMARTS) is 1. The normalized spacial score (nSPS) is 12.0. The zero-order valence-electron chi connectivity index (χ0n) is 10.6. The van der Waals surface area contributed by atoms with Crippen LogP contribution in [0.3, 0.4) is 0 Å². The van der Waals surface area contributed by atoms with Crippen molar-refractivity contribution in [2.75, 3.05) is 14.2 Å². The van der Waals surface area contributed by atoms with E-state index < -0.39 is 11.9 Å². The van der Waals surface area contributed by atoms with E-state index in [0.717, 1.165) is 12.0 Å². The summed E-state index contributed by atoms with van der Waals surface area (Å²) in [6, 6.07) is 3.53. The molecule has 94 valence electrons. The van der Waals surface area contributed by atoms with Crippen molar-refractivity contribution >= 4 is 5.97 Å². The lowest BCUT2D eigenvalue weighted by Gasteiger charge is -2.16. The Labute approximate surface area is 101 Å². The van der Waals surface area contributed by atoms with Crippen LogP contribution in [0.4, 0.5) is 0 Å². The Bertz CT molecular complexity index is 387. The monoisotopic (exact) mass is 238 g/mol. The number of methoxy groups -OCH3 is 2. The Morgan fingerprint density at radius 2 is 1.76 bits per heavy atom. The Balaban J connectivity index is 3.31. The van der Waals surface area contributed by atoms with Gasteiger partial charge in [0.25, 0.3) is 0 Å². The van der Waals surface area contributed by atoms with Crippen LogP contribution in [0.25, 0.3) is 0 Å². The van der Waals surface area contributed by atoms with Crippen LogP contribution in [0.1, 0.15) is 30.9 Å². The Morgan fingerprint density at radius 3 is 2.06 bits per heavy atom. The minimum Gasteiger partial charge on any atom is -0.496 e. The summed E-state index contributed by atoms with van der Waals surface area (Å²) in [4.78, 5) is 11.0. The summed E-state index contributed by atoms with van der Waals surface area (Å²) in [6.07, 6.45) is 0.772. The van der Waals surface area contributed by atoms with Gasteiger partial charge in [-0.1, -0.05) is 6.92 Å². The lowest BCUT2D eigenvalue weighted by molar-refractivity contribution is -0.138. The molecule has 0 saturated heterocycles. The zero-order valence-corrected chi connectivity index (χ0v) is 10.6. The maximum Gasteiger partial charge on any atom is 0.310 e. The molecule has 1 N–H and O–H groups in total. The van der Waals surface area contributed by atoms with Crippen molar-refractivity contribution in [1.29, 1.82) is 0 Å². The van der Waals surface area contributed by atoms with E-state index >= 15 is 0 Å². The molecule has 17 heavy (non-hydrogen) atoms. The van der Waals surface area contributed by atoms with Crippen molar-refractivity contribution in [2.45, 2.75) is 26.2 Å². The van der Waals surface area contributed by atoms with Crippen LogP contribution in [0.15, 0.2) is 12.1 Å². The largest absolute Gasteiger partial charge is 0.496 e. The molecule has 1 atom stereocenters. The molecule has 0 amide bonds. The molecular formula is C13H18O4. The molecule has 4 heteroatoms. The van der Waals surface area contributed by atoms with Crippen LogP contribution in [0, 0.1) is 0 Å². The van der Waals surface area contributed by atoms with E-state index in [4.69, 9.17) is 14.6 Å². The molecule has 1 unspecified atom stereocenters. The third-order valence-electron chi connectivity index (χ3n) is 2.85. The number of carboxylic acids is 1. The molecule has 1 aromatic rings. The molecule has 1 aromatic carbocycles. The maximum absolute atomic E-state index is 11.0. The molecule has 1 rings (SSSR count). The summed E-state index contributed by atoms with van der Waals surface area (Å²) in [5, 5.41) is 9.01. The van der Waals surface area contributed by atoms with Gasteiger partial charge in [0.15, 0.2) is 0 Å². The van der Waals surface area contributed by atoms with E-state index in [9.17, 15) is 4.79 Å². The van der Waals surface area contributed by atoms with Crippen molar-refractivity contribution in [3.63, 3.8) is 0 Å². The second-order valence-electron chi connectivity index (χ2n) is 3.82. The van der Waals surface area contributed by atoms with Gasteiger partial charge in [-0.05, 0) is 31.0 Å². The Morgan fingerprint density at radius 1 is 1.29 bits per heavy atom. The molecule has 4 nitrogen and oxygen atoms in total. The minimum atomic E-state index is -0.863. The number of ether oxygens (including phenoxy) is 2. The van der Waals surface area contributed by atoms with Gasteiger partial charge in [-0.3, -0.25) is 4.79 Å². The van der Waals surface area contributed by atoms with E-state index in [1.54, 1.807) is 33.3 Å². The number of hydrogen-bond acceptors (Lipinski definition) is 3. The van der Waals surface area contributed by atoms with Gasteiger partial charge in [-0.25, -0.2) is 0 Å². The highest BCUT2D eigenvalue weighted by Crippen LogP contribution is 2.33. The van der Waals surface area contributed by atoms with Gasteiger partial charge in [0, 0.05) is 5.56 Å². The topological polar surface area (TPSA) is 55.8 Å². The van der Waals surface area contributed by atoms with Crippen LogP contribution >= 0.6 is 0 Å². The first-order valence-electron chi connectivity index (χ1n) is 5.52. The van der Waals surface area contributed by atoms with Gasteiger partial charge in [-0.15, -0.1) is 0 Å². The highest BCUT2D eigenvalue weighted by Gasteiger charge is 2.18. The quantitative estimate of drug-likeness (QED) is 0.856. The Kier molecular flexibility index (Phi) is 4.37. The van der Waals surface area contributed by atoms with Crippen molar-refractivity contribution < 1.29 is 19.4 Å². The van der Waals surface area contributed by atoms with Crippen LogP contribution in [-0.4, -0.2) is 25.3 Å². The maximum atomic E-state index is 11.0. The lowest BCUT2D eigenvalue weighted by Crippen LogP contribution is -2.08. The molecule has 0 aliphatic rings. The number of hydrogen-bond donors (Lipinski definition) is 1. The van der Waals surface area contributed by atoms with E-state index in [1.807, 2.05) is 6.92 Å². The summed E-state index contributed by atoms with van der Waals surface area (Å²) in [5.74, 6) is -0.0908. The predicted octanol–water partition coefficient (Wildman–Crippen LogP) is 2.45. The molecule has 0 radical (unpaired) electrons. The highest BCUT2D eigenvalue weighted by atomic mass is 16.5. The third-order valence-corrected chi connectivity index (χ3v) is 2.85. The van der Waals surface area contributed by atoms with Crippen molar-refractivity contribution in [3.8, 4) is 11.5 Å². The summed E-state index contributed by atoms with van der Waals surface area (Å²) < 4.78 is 10.6. The standard InChI is InChI=1S/C13H18O4/c1-5-10-11(16-3)6-9(7-12(10)17-4)8(2)13(14)15/h6-8H,5H2,1-4H3,(H,14,15). The van der Waals surface area contributed by atoms with Gasteiger partial charge in [0.05, 0.1) is 20.1 Å². The second-order valence-corrected chi connectivity index (χ2v) is 3.82. The first-order valence-corrected chi connectivity index (χ1v) is 5.52. The molecule has 0 aromatic heterocycles. The predicted molar refractivity (Wildman–Crippen MR) is 65.0 cm³/mol. The van der Waals surface area contributed by atoms with Crippen LogP contribution in [-0.2, 0) is 11.2 Å². The van der Waals surface area contributed by atoms with Crippen molar-refractivity contribution in [3.05, 3.63) is 23.3 Å². The fourth-order valence-corrected chi connectivity index (χ4v) is 1.75. The first kappa shape index (κ1) is 13.4. The SMILES string of the molecule is CCc1c(OC)cc(C(C)C(=O)O)cc1OC. The average Bonchev–Trinajstić information content (AvgIpc) is 2.35. The summed E-state index contributed by atoms with van der Waals surface area (Å²) >= 11 is 0. The molecule has 0 spiro atoms. The fraction of sp³-hybridized carbons (Fsp3) is 0.462. The Hall–Kier alpha value is -1.71. The van der Waals surface area contributed by atoms with Crippen LogP contribution in [0.2, 0.25) is 0 Å². The van der Waals surface area contributed by atoms with Crippen molar-refractivity contribution in [1.82, 2.24) is 0 Å². The molecule has 0 fully saturated rings. The number of aliphatic carboxylic acids is 1. The van der Waals surface area contributed by atoms with Crippen LogP contribution < -0.4 is 9.47 Å². The summed E-state index contributed by atoms with van der Waals surface area (Å²) in [6.45, 7) is 3.64. The van der Waals surface area contributed by atoms with Gasteiger partial charge in [0.1, 0.15) is 11.5 Å². The average molecular weight is 238 g/mol. The van der Waals surface area contributed by atoms with Crippen LogP contribution in [0.5, 0.6) is 11.5 Å². The van der Waals surface area contributed by atoms with Crippen molar-refractivity contribution in [2.24, 2.45) is 0 Å². The smallest absolute Gasteiger partial charge is 0.310 e. The molecular weight excluding hydrogens is 220 g/mol. The molecule has 0 saturated carbocycles. The number of rotatable bonds is 5. The number of carbonyl (C=O) groups is 1. The third kappa shape index (κ3) is 2.70. The summed E-state index contributed by atoms with van der Waals surface area (Å²) in [7, 11) is 3.15. The fourth-order valence-electron chi connectivity index (χ4n) is 1.75. The molecule has 0 heterocycles. The van der Waals surface area contributed by atoms with E-state index in [-0.39, 0.29) is 0 Å². The van der Waals surface area contributed by atoms with Gasteiger partial charge in [-0.2, -0.15) is 0 Å². The second kappa shape index (κ2) is 5.57. The minimum absolute atomic E-state index is 0.580. The highest BCUT2D eigenvalue weighted by molar-refractivity contribution is 5.76. The van der Waals surface area contributed by atoms with E-state index in [1.165, 1.54) is 0 Å². The molecule has 0 aliphatic carbocycles. The molecule has 0 aliphatic heterocycles. The number of benzene rings is 1. The van der Waals surface area contributed by atoms with E-state index in [0.29, 0.717) is 17.1 Å². The van der Waals surface area contributed by atoms with E-state index in [2.05, 4.69) is 0 Å². The zero-order chi connectivity index (χ0) is 13.0. The molecule has 0 bridgehead atoms. The van der Waals surface area contributed by atoms with Gasteiger partial charge in [0.2, 0.25) is 0 Å². The van der Waals surface area contributed by atoms with Gasteiger partial charge >= 0.3 is 5.97 Å². The first-order chi connectivity index (χ1) is 8.04.